The van der Waals surface area contributed by atoms with E-state index < -0.39 is 33.3 Å². The van der Waals surface area contributed by atoms with Crippen molar-refractivity contribution in [2.24, 2.45) is 5.73 Å². The number of nitrogens with zero attached hydrogens (tertiary/aromatic N) is 3. The van der Waals surface area contributed by atoms with Gasteiger partial charge in [-0.25, -0.2) is 9.59 Å². The quantitative estimate of drug-likeness (QED) is 0.269. The van der Waals surface area contributed by atoms with Crippen LogP contribution in [-0.4, -0.2) is 40.6 Å². The summed E-state index contributed by atoms with van der Waals surface area (Å²) in [6.07, 6.45) is 1.46. The summed E-state index contributed by atoms with van der Waals surface area (Å²) in [6, 6.07) is 10.6. The SMILES string of the molecule is COC(=O)C1=C(N)n2c(sc(=Cc3ccc([N+](=O)[O-])cc3)c2=O)=C(C(=O)OC)C1c1ccc([N+](=O)[O-])cc1. The van der Waals surface area contributed by atoms with Crippen LogP contribution in [0.5, 0.6) is 0 Å². The van der Waals surface area contributed by atoms with E-state index >= 15 is 0 Å². The van der Waals surface area contributed by atoms with E-state index in [2.05, 4.69) is 0 Å². The van der Waals surface area contributed by atoms with Crippen molar-refractivity contribution in [3.8, 4) is 0 Å². The lowest BCUT2D eigenvalue weighted by Gasteiger charge is -2.26. The number of carbonyl (C=O) groups excluding carboxylic acids is 2. The monoisotopic (exact) mass is 538 g/mol. The first kappa shape index (κ1) is 26.0. The van der Waals surface area contributed by atoms with Gasteiger partial charge in [0, 0.05) is 24.3 Å². The average Bonchev–Trinajstić information content (AvgIpc) is 3.23. The summed E-state index contributed by atoms with van der Waals surface area (Å²) in [6.45, 7) is 0. The highest BCUT2D eigenvalue weighted by atomic mass is 32.1. The number of nitrogens with two attached hydrogens (primary N) is 1. The second-order valence-electron chi connectivity index (χ2n) is 7.88. The van der Waals surface area contributed by atoms with Crippen LogP contribution in [0.3, 0.4) is 0 Å². The van der Waals surface area contributed by atoms with Crippen molar-refractivity contribution in [1.29, 1.82) is 0 Å². The number of aromatic nitrogens is 1. The summed E-state index contributed by atoms with van der Waals surface area (Å²) in [4.78, 5) is 60.3. The van der Waals surface area contributed by atoms with E-state index in [0.717, 1.165) is 30.1 Å². The van der Waals surface area contributed by atoms with Gasteiger partial charge in [0.2, 0.25) is 0 Å². The molecule has 0 saturated carbocycles. The van der Waals surface area contributed by atoms with Gasteiger partial charge in [-0.15, -0.1) is 11.3 Å². The third-order valence-corrected chi connectivity index (χ3v) is 6.91. The molecule has 194 valence electrons. The van der Waals surface area contributed by atoms with Gasteiger partial charge in [-0.3, -0.25) is 29.6 Å². The van der Waals surface area contributed by atoms with Crippen molar-refractivity contribution in [2.75, 3.05) is 14.2 Å². The Morgan fingerprint density at radius 3 is 1.92 bits per heavy atom. The normalized spacial score (nSPS) is 15.2. The van der Waals surface area contributed by atoms with Crippen LogP contribution in [0.2, 0.25) is 0 Å². The molecule has 0 amide bonds. The number of nitro benzene ring substituents is 2. The molecule has 2 aromatic carbocycles. The molecule has 0 radical (unpaired) electrons. The Morgan fingerprint density at radius 1 is 0.921 bits per heavy atom. The zero-order valence-corrected chi connectivity index (χ0v) is 20.6. The van der Waals surface area contributed by atoms with Crippen LogP contribution in [-0.2, 0) is 19.1 Å². The molecule has 1 aromatic heterocycles. The van der Waals surface area contributed by atoms with Crippen molar-refractivity contribution >= 4 is 52.1 Å². The Kier molecular flexibility index (Phi) is 6.90. The number of hydrogen-bond acceptors (Lipinski definition) is 11. The van der Waals surface area contributed by atoms with Crippen molar-refractivity contribution in [1.82, 2.24) is 4.57 Å². The van der Waals surface area contributed by atoms with E-state index in [1.807, 2.05) is 0 Å². The molecular formula is C24H18N4O9S. The second-order valence-corrected chi connectivity index (χ2v) is 8.91. The predicted molar refractivity (Wildman–Crippen MR) is 135 cm³/mol. The van der Waals surface area contributed by atoms with E-state index in [-0.39, 0.29) is 37.5 Å². The number of nitro groups is 2. The number of thiazole rings is 1. The van der Waals surface area contributed by atoms with Crippen molar-refractivity contribution in [3.05, 3.63) is 105 Å². The Bertz CT molecular complexity index is 1700. The van der Waals surface area contributed by atoms with Crippen LogP contribution in [0.25, 0.3) is 17.5 Å². The molecule has 2 N–H and O–H groups in total. The fourth-order valence-electron chi connectivity index (χ4n) is 4.03. The van der Waals surface area contributed by atoms with Crippen LogP contribution >= 0.6 is 11.3 Å². The summed E-state index contributed by atoms with van der Waals surface area (Å²) >= 11 is 0.899. The Balaban J connectivity index is 2.05. The molecule has 13 nitrogen and oxygen atoms in total. The highest BCUT2D eigenvalue weighted by Gasteiger charge is 2.39. The largest absolute Gasteiger partial charge is 0.466 e. The fourth-order valence-corrected chi connectivity index (χ4v) is 5.20. The Hall–Kier alpha value is -5.11. The van der Waals surface area contributed by atoms with Crippen LogP contribution in [0.15, 0.2) is 58.9 Å². The highest BCUT2D eigenvalue weighted by Crippen LogP contribution is 2.38. The topological polar surface area (TPSA) is 187 Å². The number of rotatable bonds is 6. The maximum absolute atomic E-state index is 13.4. The number of fused-ring (bicyclic) bond motifs is 1. The first-order valence-corrected chi connectivity index (χ1v) is 11.5. The van der Waals surface area contributed by atoms with E-state index in [4.69, 9.17) is 15.2 Å². The zero-order valence-electron chi connectivity index (χ0n) is 19.8. The van der Waals surface area contributed by atoms with Crippen LogP contribution in [0.4, 0.5) is 11.4 Å². The molecule has 0 saturated heterocycles. The number of non-ortho nitro benzene ring substituents is 2. The molecule has 3 aromatic rings. The molecule has 1 atom stereocenters. The molecule has 0 spiro atoms. The molecule has 1 unspecified atom stereocenters. The van der Waals surface area contributed by atoms with Gasteiger partial charge >= 0.3 is 11.9 Å². The molecule has 0 aliphatic carbocycles. The molecule has 2 heterocycles. The minimum Gasteiger partial charge on any atom is -0.466 e. The number of hydrogen-bond donors (Lipinski definition) is 1. The minimum absolute atomic E-state index is 0.0866. The van der Waals surface area contributed by atoms with E-state index in [1.54, 1.807) is 0 Å². The first-order valence-electron chi connectivity index (χ1n) is 10.7. The second kappa shape index (κ2) is 10.1. The summed E-state index contributed by atoms with van der Waals surface area (Å²) in [5, 5.41) is 22.1. The Morgan fingerprint density at radius 2 is 1.42 bits per heavy atom. The molecule has 0 fully saturated rings. The number of methoxy groups -OCH3 is 2. The number of esters is 2. The average molecular weight is 538 g/mol. The number of carbonyl (C=O) groups is 2. The van der Waals surface area contributed by atoms with Gasteiger partial charge in [0.15, 0.2) is 0 Å². The van der Waals surface area contributed by atoms with Crippen molar-refractivity contribution < 1.29 is 28.9 Å². The maximum Gasteiger partial charge on any atom is 0.338 e. The first-order chi connectivity index (χ1) is 18.1. The third-order valence-electron chi connectivity index (χ3n) is 5.80. The molecule has 14 heteroatoms. The minimum atomic E-state index is -1.17. The van der Waals surface area contributed by atoms with Gasteiger partial charge in [0.1, 0.15) is 10.5 Å². The molecule has 1 aliphatic heterocycles. The Labute approximate surface area is 216 Å². The number of benzene rings is 2. The maximum atomic E-state index is 13.4. The van der Waals surface area contributed by atoms with Gasteiger partial charge in [0.25, 0.3) is 16.9 Å². The lowest BCUT2D eigenvalue weighted by molar-refractivity contribution is -0.385. The van der Waals surface area contributed by atoms with E-state index in [9.17, 15) is 34.6 Å². The van der Waals surface area contributed by atoms with Gasteiger partial charge in [-0.2, -0.15) is 0 Å². The predicted octanol–water partition coefficient (Wildman–Crippen LogP) is 0.976. The molecule has 0 bridgehead atoms. The number of ether oxygens (including phenoxy) is 2. The smallest absolute Gasteiger partial charge is 0.338 e. The summed E-state index contributed by atoms with van der Waals surface area (Å²) < 4.78 is 11.1. The molecule has 38 heavy (non-hydrogen) atoms. The van der Waals surface area contributed by atoms with Gasteiger partial charge in [-0.1, -0.05) is 12.1 Å². The lowest BCUT2D eigenvalue weighted by Crippen LogP contribution is -2.41. The van der Waals surface area contributed by atoms with Crippen molar-refractivity contribution in [3.63, 3.8) is 0 Å². The summed E-state index contributed by atoms with van der Waals surface area (Å²) in [5.74, 6) is -3.23. The van der Waals surface area contributed by atoms with Crippen LogP contribution in [0, 0.1) is 20.2 Å². The molecule has 1 aliphatic rings. The van der Waals surface area contributed by atoms with E-state index in [1.165, 1.54) is 54.6 Å². The van der Waals surface area contributed by atoms with Gasteiger partial charge < -0.3 is 15.2 Å². The molecule has 4 rings (SSSR count). The van der Waals surface area contributed by atoms with Crippen molar-refractivity contribution in [2.45, 2.75) is 5.92 Å². The summed E-state index contributed by atoms with van der Waals surface area (Å²) in [7, 11) is 2.23. The zero-order chi connectivity index (χ0) is 27.7. The highest BCUT2D eigenvalue weighted by molar-refractivity contribution is 7.07. The van der Waals surface area contributed by atoms with E-state index in [0.29, 0.717) is 11.1 Å². The van der Waals surface area contributed by atoms with Crippen LogP contribution < -0.4 is 20.5 Å². The third kappa shape index (κ3) is 4.43. The lowest BCUT2D eigenvalue weighted by atomic mass is 9.83. The fraction of sp³-hybridized carbons (Fsp3) is 0.125. The van der Waals surface area contributed by atoms with Gasteiger partial charge in [0.05, 0.1) is 45.7 Å². The molecular weight excluding hydrogens is 520 g/mol. The summed E-state index contributed by atoms with van der Waals surface area (Å²) in [5.41, 5.74) is 5.77. The van der Waals surface area contributed by atoms with Crippen LogP contribution in [0.1, 0.15) is 17.0 Å². The standard InChI is InChI=1S/C24H18N4O9S/c1-36-23(30)18-17(13-5-9-15(10-6-13)28(34)35)19(24(31)37-2)22-26(20(18)25)21(29)16(38-22)11-12-3-7-14(8-4-12)27(32)33/h3-11,17H,25H2,1-2H3. The van der Waals surface area contributed by atoms with Gasteiger partial charge in [-0.05, 0) is 29.3 Å².